The minimum Gasteiger partial charge on any atom is -0.495 e. The van der Waals surface area contributed by atoms with Gasteiger partial charge in [0.05, 0.1) is 12.1 Å². The van der Waals surface area contributed by atoms with Crippen molar-refractivity contribution in [3.63, 3.8) is 0 Å². The summed E-state index contributed by atoms with van der Waals surface area (Å²) in [5.41, 5.74) is 0.476. The van der Waals surface area contributed by atoms with Gasteiger partial charge >= 0.3 is 0 Å². The number of methoxy groups -OCH3 is 1. The van der Waals surface area contributed by atoms with Gasteiger partial charge in [-0.3, -0.25) is 0 Å². The van der Waals surface area contributed by atoms with Crippen molar-refractivity contribution in [1.29, 1.82) is 0 Å². The predicted octanol–water partition coefficient (Wildman–Crippen LogP) is 3.75. The molecule has 1 aromatic carbocycles. The first-order valence-electron chi connectivity index (χ1n) is 5.56. The first kappa shape index (κ1) is 14.3. The van der Waals surface area contributed by atoms with Crippen LogP contribution in [0.4, 0.5) is 4.39 Å². The van der Waals surface area contributed by atoms with Crippen LogP contribution in [0.15, 0.2) is 18.2 Å². The Balaban J connectivity index is 2.72. The summed E-state index contributed by atoms with van der Waals surface area (Å²) in [6, 6.07) is 4.97. The van der Waals surface area contributed by atoms with Gasteiger partial charge in [-0.15, -0.1) is 0 Å². The van der Waals surface area contributed by atoms with Crippen LogP contribution in [-0.4, -0.2) is 19.2 Å². The van der Waals surface area contributed by atoms with Crippen LogP contribution in [0.3, 0.4) is 0 Å². The quantitative estimate of drug-likeness (QED) is 0.889. The van der Waals surface area contributed by atoms with Crippen LogP contribution in [-0.2, 0) is 0 Å². The molecule has 0 fully saturated rings. The Morgan fingerprint density at radius 1 is 1.41 bits per heavy atom. The number of alkyl halides is 1. The second-order valence-corrected chi connectivity index (χ2v) is 5.40. The topological polar surface area (TPSA) is 21.3 Å². The van der Waals surface area contributed by atoms with Crippen LogP contribution in [0.1, 0.15) is 32.5 Å². The van der Waals surface area contributed by atoms with Crippen molar-refractivity contribution in [3.8, 4) is 5.75 Å². The maximum absolute atomic E-state index is 14.0. The van der Waals surface area contributed by atoms with Crippen LogP contribution in [0.2, 0.25) is 5.02 Å². The summed E-state index contributed by atoms with van der Waals surface area (Å²) in [6.07, 6.45) is -1.07. The van der Waals surface area contributed by atoms with E-state index in [9.17, 15) is 4.39 Å². The van der Waals surface area contributed by atoms with E-state index in [0.29, 0.717) is 16.3 Å². The molecule has 1 aromatic rings. The van der Waals surface area contributed by atoms with Crippen molar-refractivity contribution < 1.29 is 9.13 Å². The molecular formula is C13H19ClFNO. The molecule has 0 aliphatic rings. The fraction of sp³-hybridized carbons (Fsp3) is 0.538. The molecule has 0 aromatic heterocycles. The molecule has 0 amide bonds. The summed E-state index contributed by atoms with van der Waals surface area (Å²) in [4.78, 5) is 0. The van der Waals surface area contributed by atoms with Crippen molar-refractivity contribution in [2.24, 2.45) is 0 Å². The molecule has 0 bridgehead atoms. The number of hydrogen-bond donors (Lipinski definition) is 1. The fourth-order valence-corrected chi connectivity index (χ4v) is 1.58. The standard InChI is InChI=1S/C13H19ClFNO/c1-13(2,3)16-8-11(15)9-5-6-10(14)12(7-9)17-4/h5-7,11,16H,8H2,1-4H3. The van der Waals surface area contributed by atoms with Crippen molar-refractivity contribution in [3.05, 3.63) is 28.8 Å². The number of hydrogen-bond acceptors (Lipinski definition) is 2. The average molecular weight is 260 g/mol. The molecular weight excluding hydrogens is 241 g/mol. The fourth-order valence-electron chi connectivity index (χ4n) is 1.38. The lowest BCUT2D eigenvalue weighted by atomic mass is 10.1. The zero-order valence-electron chi connectivity index (χ0n) is 10.7. The van der Waals surface area contributed by atoms with Gasteiger partial charge in [-0.25, -0.2) is 4.39 Å². The normalized spacial score (nSPS) is 13.5. The summed E-state index contributed by atoms with van der Waals surface area (Å²) >= 11 is 5.89. The molecule has 0 spiro atoms. The Kier molecular flexibility index (Phi) is 4.78. The first-order valence-corrected chi connectivity index (χ1v) is 5.94. The molecule has 1 atom stereocenters. The van der Waals surface area contributed by atoms with Gasteiger partial charge in [0, 0.05) is 12.1 Å². The minimum atomic E-state index is -1.07. The predicted molar refractivity (Wildman–Crippen MR) is 69.6 cm³/mol. The Morgan fingerprint density at radius 3 is 2.59 bits per heavy atom. The lowest BCUT2D eigenvalue weighted by Crippen LogP contribution is -2.37. The van der Waals surface area contributed by atoms with Gasteiger partial charge in [0.2, 0.25) is 0 Å². The summed E-state index contributed by atoms with van der Waals surface area (Å²) in [7, 11) is 1.52. The first-order chi connectivity index (χ1) is 7.83. The van der Waals surface area contributed by atoms with Crippen LogP contribution < -0.4 is 10.1 Å². The smallest absolute Gasteiger partial charge is 0.138 e. The van der Waals surface area contributed by atoms with Gasteiger partial charge in [0.1, 0.15) is 11.9 Å². The van der Waals surface area contributed by atoms with E-state index in [1.165, 1.54) is 7.11 Å². The Morgan fingerprint density at radius 2 is 2.06 bits per heavy atom. The van der Waals surface area contributed by atoms with Gasteiger partial charge in [-0.1, -0.05) is 17.7 Å². The van der Waals surface area contributed by atoms with E-state index in [4.69, 9.17) is 16.3 Å². The largest absolute Gasteiger partial charge is 0.495 e. The summed E-state index contributed by atoms with van der Waals surface area (Å²) in [5, 5.41) is 3.62. The third-order valence-electron chi connectivity index (χ3n) is 2.35. The minimum absolute atomic E-state index is 0.0964. The molecule has 0 radical (unpaired) electrons. The zero-order chi connectivity index (χ0) is 13.1. The SMILES string of the molecule is COc1cc(C(F)CNC(C)(C)C)ccc1Cl. The highest BCUT2D eigenvalue weighted by atomic mass is 35.5. The second kappa shape index (κ2) is 5.69. The van der Waals surface area contributed by atoms with Crippen LogP contribution in [0.25, 0.3) is 0 Å². The molecule has 96 valence electrons. The van der Waals surface area contributed by atoms with Gasteiger partial charge in [0.25, 0.3) is 0 Å². The van der Waals surface area contributed by atoms with E-state index in [1.807, 2.05) is 20.8 Å². The second-order valence-electron chi connectivity index (χ2n) is 4.99. The summed E-state index contributed by atoms with van der Waals surface area (Å²) in [5.74, 6) is 0.502. The molecule has 2 nitrogen and oxygen atoms in total. The lowest BCUT2D eigenvalue weighted by molar-refractivity contribution is 0.290. The van der Waals surface area contributed by atoms with Gasteiger partial charge < -0.3 is 10.1 Å². The number of ether oxygens (including phenoxy) is 1. The highest BCUT2D eigenvalue weighted by Crippen LogP contribution is 2.29. The monoisotopic (exact) mass is 259 g/mol. The molecule has 17 heavy (non-hydrogen) atoms. The van der Waals surface area contributed by atoms with E-state index in [-0.39, 0.29) is 12.1 Å². The Labute approximate surface area is 107 Å². The molecule has 0 saturated heterocycles. The third-order valence-corrected chi connectivity index (χ3v) is 2.66. The Hall–Kier alpha value is -0.800. The molecule has 1 rings (SSSR count). The number of benzene rings is 1. The molecule has 0 aliphatic heterocycles. The summed E-state index contributed by atoms with van der Waals surface area (Å²) in [6.45, 7) is 6.28. The summed E-state index contributed by atoms with van der Waals surface area (Å²) < 4.78 is 19.0. The lowest BCUT2D eigenvalue weighted by Gasteiger charge is -2.22. The molecule has 4 heteroatoms. The molecule has 0 heterocycles. The maximum Gasteiger partial charge on any atom is 0.138 e. The van der Waals surface area contributed by atoms with E-state index >= 15 is 0 Å². The molecule has 1 unspecified atom stereocenters. The van der Waals surface area contributed by atoms with Crippen LogP contribution in [0, 0.1) is 0 Å². The van der Waals surface area contributed by atoms with E-state index in [2.05, 4.69) is 5.32 Å². The highest BCUT2D eigenvalue weighted by molar-refractivity contribution is 6.32. The van der Waals surface area contributed by atoms with E-state index in [1.54, 1.807) is 18.2 Å². The number of halogens is 2. The van der Waals surface area contributed by atoms with Crippen molar-refractivity contribution in [2.75, 3.05) is 13.7 Å². The molecule has 0 aliphatic carbocycles. The zero-order valence-corrected chi connectivity index (χ0v) is 11.4. The molecule has 0 saturated carbocycles. The Bertz CT molecular complexity index is 376. The van der Waals surface area contributed by atoms with Crippen LogP contribution >= 0.6 is 11.6 Å². The highest BCUT2D eigenvalue weighted by Gasteiger charge is 2.16. The number of rotatable bonds is 4. The maximum atomic E-state index is 14.0. The molecule has 1 N–H and O–H groups in total. The number of nitrogens with one attached hydrogen (secondary N) is 1. The average Bonchev–Trinajstić information content (AvgIpc) is 2.25. The van der Waals surface area contributed by atoms with Gasteiger partial charge in [-0.05, 0) is 38.5 Å². The van der Waals surface area contributed by atoms with E-state index < -0.39 is 6.17 Å². The van der Waals surface area contributed by atoms with Crippen molar-refractivity contribution in [2.45, 2.75) is 32.5 Å². The van der Waals surface area contributed by atoms with E-state index in [0.717, 1.165) is 0 Å². The third kappa shape index (κ3) is 4.52. The van der Waals surface area contributed by atoms with Gasteiger partial charge in [-0.2, -0.15) is 0 Å². The van der Waals surface area contributed by atoms with Crippen molar-refractivity contribution >= 4 is 11.6 Å². The van der Waals surface area contributed by atoms with Gasteiger partial charge in [0.15, 0.2) is 0 Å². The van der Waals surface area contributed by atoms with Crippen LogP contribution in [0.5, 0.6) is 5.75 Å². The van der Waals surface area contributed by atoms with Crippen molar-refractivity contribution in [1.82, 2.24) is 5.32 Å².